The number of benzene rings is 2. The van der Waals surface area contributed by atoms with Crippen LogP contribution >= 0.6 is 0 Å². The maximum Gasteiger partial charge on any atom is 0.283 e. The quantitative estimate of drug-likeness (QED) is 0.427. The van der Waals surface area contributed by atoms with Gasteiger partial charge in [0.05, 0.1) is 19.7 Å². The Morgan fingerprint density at radius 3 is 0.962 bits per heavy atom. The second-order valence-electron chi connectivity index (χ2n) is 4.78. The van der Waals surface area contributed by atoms with Crippen LogP contribution in [0, 0.1) is 40.5 Å². The zero-order valence-corrected chi connectivity index (χ0v) is 12.7. The molecule has 0 saturated heterocycles. The summed E-state index contributed by atoms with van der Waals surface area (Å²) >= 11 is 0. The van der Waals surface area contributed by atoms with Crippen LogP contribution in [-0.2, 0) is 0 Å². The first-order chi connectivity index (χ1) is 12.2. The van der Waals surface area contributed by atoms with Crippen molar-refractivity contribution >= 4 is 34.9 Å². The van der Waals surface area contributed by atoms with Gasteiger partial charge in [-0.3, -0.25) is 40.5 Å². The summed E-state index contributed by atoms with van der Waals surface area (Å²) in [5.41, 5.74) is -3.33. The summed E-state index contributed by atoms with van der Waals surface area (Å²) in [6.07, 6.45) is 1.76. The molecule has 0 saturated carbocycles. The Labute approximate surface area is 143 Å². The minimum Gasteiger partial charge on any atom is -0.258 e. The van der Waals surface area contributed by atoms with Crippen molar-refractivity contribution in [3.8, 4) is 0 Å². The highest BCUT2D eigenvalue weighted by molar-refractivity contribution is 5.84. The van der Waals surface area contributed by atoms with Crippen LogP contribution in [0.1, 0.15) is 11.1 Å². The summed E-state index contributed by atoms with van der Waals surface area (Å²) in [7, 11) is 0. The van der Waals surface area contributed by atoms with Crippen molar-refractivity contribution in [3.63, 3.8) is 0 Å². The Hall–Kier alpha value is -4.22. The molecule has 0 N–H and O–H groups in total. The highest BCUT2D eigenvalue weighted by Crippen LogP contribution is 2.33. The normalized spacial score (nSPS) is 10.6. The first kappa shape index (κ1) is 18.1. The van der Waals surface area contributed by atoms with Gasteiger partial charge in [-0.2, -0.15) is 0 Å². The first-order valence-corrected chi connectivity index (χ1v) is 6.75. The molecule has 2 aromatic rings. The van der Waals surface area contributed by atoms with Gasteiger partial charge in [0.1, 0.15) is 11.1 Å². The monoisotopic (exact) mass is 360 g/mol. The lowest BCUT2D eigenvalue weighted by Gasteiger charge is -2.01. The predicted octanol–water partition coefficient (Wildman–Crippen LogP) is 3.49. The van der Waals surface area contributed by atoms with Gasteiger partial charge < -0.3 is 0 Å². The molecule has 0 unspecified atom stereocenters. The highest BCUT2D eigenvalue weighted by Gasteiger charge is 2.25. The molecule has 0 atom stereocenters. The van der Waals surface area contributed by atoms with E-state index in [0.717, 1.165) is 48.6 Å². The van der Waals surface area contributed by atoms with E-state index < -0.39 is 53.6 Å². The largest absolute Gasteiger partial charge is 0.283 e. The van der Waals surface area contributed by atoms with Gasteiger partial charge in [0.25, 0.3) is 22.7 Å². The van der Waals surface area contributed by atoms with Crippen molar-refractivity contribution < 1.29 is 19.7 Å². The third kappa shape index (κ3) is 3.48. The van der Waals surface area contributed by atoms with Crippen LogP contribution in [0.25, 0.3) is 12.2 Å². The zero-order valence-electron chi connectivity index (χ0n) is 12.7. The van der Waals surface area contributed by atoms with E-state index in [0.29, 0.717) is 0 Å². The molecular weight excluding hydrogens is 352 g/mol. The number of nitro benzene ring substituents is 4. The molecule has 2 rings (SSSR count). The van der Waals surface area contributed by atoms with E-state index in [9.17, 15) is 40.5 Å². The van der Waals surface area contributed by atoms with Gasteiger partial charge in [-0.05, 0) is 24.3 Å². The van der Waals surface area contributed by atoms with Crippen molar-refractivity contribution in [2.45, 2.75) is 0 Å². The van der Waals surface area contributed by atoms with E-state index in [-0.39, 0.29) is 0 Å². The Morgan fingerprint density at radius 2 is 0.769 bits per heavy atom. The van der Waals surface area contributed by atoms with Gasteiger partial charge in [-0.1, -0.05) is 0 Å². The number of nitro groups is 4. The molecule has 12 heteroatoms. The number of rotatable bonds is 6. The van der Waals surface area contributed by atoms with Gasteiger partial charge in [-0.25, -0.2) is 0 Å². The average molecular weight is 360 g/mol. The van der Waals surface area contributed by atoms with Gasteiger partial charge in [-0.15, -0.1) is 0 Å². The molecule has 0 bridgehead atoms. The third-order valence-electron chi connectivity index (χ3n) is 3.32. The number of nitrogens with zero attached hydrogens (tertiary/aromatic N) is 4. The molecule has 26 heavy (non-hydrogen) atoms. The standard InChI is InChI=1S/C14H8N4O8/c19-15(20)11-3-1-4-12(16(21)22)9(11)7-8-10-13(17(23)24)5-2-6-14(10)18(25)26/h1-8H. The third-order valence-corrected chi connectivity index (χ3v) is 3.32. The Morgan fingerprint density at radius 1 is 0.538 bits per heavy atom. The highest BCUT2D eigenvalue weighted by atomic mass is 16.6. The molecule has 0 fully saturated rings. The smallest absolute Gasteiger partial charge is 0.258 e. The van der Waals surface area contributed by atoms with E-state index >= 15 is 0 Å². The van der Waals surface area contributed by atoms with Gasteiger partial charge in [0.2, 0.25) is 0 Å². The van der Waals surface area contributed by atoms with Gasteiger partial charge >= 0.3 is 0 Å². The summed E-state index contributed by atoms with van der Waals surface area (Å²) in [5.74, 6) is 0. The summed E-state index contributed by atoms with van der Waals surface area (Å²) in [6.45, 7) is 0. The van der Waals surface area contributed by atoms with Crippen LogP contribution in [-0.4, -0.2) is 19.7 Å². The van der Waals surface area contributed by atoms with Crippen molar-refractivity contribution in [1.82, 2.24) is 0 Å². The van der Waals surface area contributed by atoms with Crippen LogP contribution in [0.4, 0.5) is 22.7 Å². The fourth-order valence-corrected chi connectivity index (χ4v) is 2.23. The Bertz CT molecular complexity index is 827. The molecule has 0 radical (unpaired) electrons. The van der Waals surface area contributed by atoms with Crippen LogP contribution < -0.4 is 0 Å². The first-order valence-electron chi connectivity index (χ1n) is 6.75. The summed E-state index contributed by atoms with van der Waals surface area (Å²) in [5, 5.41) is 44.4. The van der Waals surface area contributed by atoms with Crippen molar-refractivity contribution in [1.29, 1.82) is 0 Å². The van der Waals surface area contributed by atoms with Crippen molar-refractivity contribution in [3.05, 3.63) is 88.0 Å². The summed E-state index contributed by atoms with van der Waals surface area (Å²) in [4.78, 5) is 40.9. The molecule has 132 valence electrons. The van der Waals surface area contributed by atoms with Crippen molar-refractivity contribution in [2.24, 2.45) is 0 Å². The lowest BCUT2D eigenvalue weighted by molar-refractivity contribution is -0.394. The lowest BCUT2D eigenvalue weighted by atomic mass is 10.1. The predicted molar refractivity (Wildman–Crippen MR) is 88.4 cm³/mol. The van der Waals surface area contributed by atoms with E-state index in [1.807, 2.05) is 0 Å². The molecule has 12 nitrogen and oxygen atoms in total. The van der Waals surface area contributed by atoms with Gasteiger partial charge in [0.15, 0.2) is 0 Å². The SMILES string of the molecule is O=[N+]([O-])c1cccc([N+](=O)[O-])c1C=Cc1c([N+](=O)[O-])cccc1[N+](=O)[O-]. The Balaban J connectivity index is 2.72. The number of hydrogen-bond acceptors (Lipinski definition) is 8. The molecule has 0 amide bonds. The summed E-state index contributed by atoms with van der Waals surface area (Å²) in [6, 6.07) is 6.28. The molecule has 0 aromatic heterocycles. The molecule has 0 heterocycles. The fourth-order valence-electron chi connectivity index (χ4n) is 2.23. The molecule has 2 aromatic carbocycles. The summed E-state index contributed by atoms with van der Waals surface area (Å²) < 4.78 is 0. The van der Waals surface area contributed by atoms with Crippen LogP contribution in [0.3, 0.4) is 0 Å². The maximum atomic E-state index is 11.1. The molecule has 0 aliphatic rings. The van der Waals surface area contributed by atoms with E-state index in [2.05, 4.69) is 0 Å². The van der Waals surface area contributed by atoms with Crippen LogP contribution in [0.5, 0.6) is 0 Å². The topological polar surface area (TPSA) is 173 Å². The van der Waals surface area contributed by atoms with Crippen LogP contribution in [0.15, 0.2) is 36.4 Å². The van der Waals surface area contributed by atoms with Gasteiger partial charge in [0, 0.05) is 24.3 Å². The minimum atomic E-state index is -0.861. The molecule has 0 aliphatic heterocycles. The van der Waals surface area contributed by atoms with E-state index in [1.165, 1.54) is 0 Å². The molecular formula is C14H8N4O8. The lowest BCUT2D eigenvalue weighted by Crippen LogP contribution is -1.99. The van der Waals surface area contributed by atoms with Crippen LogP contribution in [0.2, 0.25) is 0 Å². The molecule has 0 aliphatic carbocycles. The van der Waals surface area contributed by atoms with Crippen molar-refractivity contribution in [2.75, 3.05) is 0 Å². The second kappa shape index (κ2) is 7.12. The average Bonchev–Trinajstić information content (AvgIpc) is 2.58. The minimum absolute atomic E-state index is 0.435. The zero-order chi connectivity index (χ0) is 19.4. The number of hydrogen-bond donors (Lipinski definition) is 0. The van der Waals surface area contributed by atoms with E-state index in [4.69, 9.17) is 0 Å². The molecule has 0 spiro atoms. The maximum absolute atomic E-state index is 11.1. The van der Waals surface area contributed by atoms with E-state index in [1.54, 1.807) is 0 Å². The fraction of sp³-hybridized carbons (Fsp3) is 0. The second-order valence-corrected chi connectivity index (χ2v) is 4.78. The Kier molecular flexibility index (Phi) is 4.97.